The summed E-state index contributed by atoms with van der Waals surface area (Å²) in [6, 6.07) is 0. The first kappa shape index (κ1) is 21.4. The van der Waals surface area contributed by atoms with E-state index in [9.17, 15) is 5.11 Å². The first-order valence-corrected chi connectivity index (χ1v) is 13.3. The Morgan fingerprint density at radius 2 is 1.60 bits per heavy atom. The Bertz CT molecular complexity index is 682. The standard InChI is InChI=1S/C27H46N2O/c1-17(2)7-6-8-18(3)21-9-10-22-20-16-27(28-29-27)24-15-19(30)11-13-26(24,5)23(20)12-14-25(21,22)4/h17-24,30H,6-16H2,1-5H3/t18-,19+,20+,21-,22+,23+,24+,25-,26-/m1/s1. The summed E-state index contributed by atoms with van der Waals surface area (Å²) in [4.78, 5) is 0. The molecule has 4 saturated carbocycles. The molecule has 0 aromatic rings. The van der Waals surface area contributed by atoms with E-state index in [0.717, 1.165) is 48.3 Å². The molecule has 0 amide bonds. The third-order valence-electron chi connectivity index (χ3n) is 11.3. The van der Waals surface area contributed by atoms with E-state index in [4.69, 9.17) is 10.2 Å². The third kappa shape index (κ3) is 3.15. The van der Waals surface area contributed by atoms with E-state index in [0.29, 0.717) is 16.7 Å². The van der Waals surface area contributed by atoms with Gasteiger partial charge in [0.15, 0.2) is 5.66 Å². The molecule has 4 aliphatic carbocycles. The van der Waals surface area contributed by atoms with E-state index in [-0.39, 0.29) is 11.8 Å². The molecule has 0 radical (unpaired) electrons. The molecule has 3 heteroatoms. The smallest absolute Gasteiger partial charge is 0.194 e. The molecule has 5 rings (SSSR count). The van der Waals surface area contributed by atoms with Crippen molar-refractivity contribution < 1.29 is 5.11 Å². The van der Waals surface area contributed by atoms with E-state index in [1.165, 1.54) is 57.8 Å². The molecule has 170 valence electrons. The van der Waals surface area contributed by atoms with Gasteiger partial charge in [0.1, 0.15) is 0 Å². The number of hydrogen-bond donors (Lipinski definition) is 1. The number of nitrogens with zero attached hydrogens (tertiary/aromatic N) is 2. The van der Waals surface area contributed by atoms with Crippen LogP contribution in [0.1, 0.15) is 105 Å². The van der Waals surface area contributed by atoms with Gasteiger partial charge in [0.25, 0.3) is 0 Å². The molecule has 0 saturated heterocycles. The lowest BCUT2D eigenvalue weighted by molar-refractivity contribution is -0.145. The summed E-state index contributed by atoms with van der Waals surface area (Å²) < 4.78 is 0. The lowest BCUT2D eigenvalue weighted by Crippen LogP contribution is -2.59. The van der Waals surface area contributed by atoms with Crippen LogP contribution in [-0.2, 0) is 0 Å². The molecule has 0 aromatic carbocycles. The fourth-order valence-corrected chi connectivity index (χ4v) is 9.66. The lowest BCUT2D eigenvalue weighted by atomic mass is 9.42. The van der Waals surface area contributed by atoms with E-state index < -0.39 is 0 Å². The predicted molar refractivity (Wildman–Crippen MR) is 122 cm³/mol. The van der Waals surface area contributed by atoms with Gasteiger partial charge in [0.2, 0.25) is 0 Å². The third-order valence-corrected chi connectivity index (χ3v) is 11.3. The largest absolute Gasteiger partial charge is 0.393 e. The van der Waals surface area contributed by atoms with Crippen LogP contribution in [0.15, 0.2) is 10.2 Å². The van der Waals surface area contributed by atoms with Gasteiger partial charge in [-0.2, -0.15) is 10.2 Å². The van der Waals surface area contributed by atoms with Gasteiger partial charge < -0.3 is 5.11 Å². The molecule has 5 aliphatic rings. The highest BCUT2D eigenvalue weighted by molar-refractivity contribution is 5.18. The van der Waals surface area contributed by atoms with Gasteiger partial charge in [0.05, 0.1) is 6.10 Å². The van der Waals surface area contributed by atoms with Crippen molar-refractivity contribution in [3.05, 3.63) is 0 Å². The molecule has 1 spiro atoms. The summed E-state index contributed by atoms with van der Waals surface area (Å²) in [5, 5.41) is 19.8. The van der Waals surface area contributed by atoms with Crippen LogP contribution in [-0.4, -0.2) is 16.9 Å². The molecule has 0 bridgehead atoms. The first-order valence-electron chi connectivity index (χ1n) is 13.3. The normalized spacial score (nSPS) is 49.6. The summed E-state index contributed by atoms with van der Waals surface area (Å²) in [6.45, 7) is 12.5. The van der Waals surface area contributed by atoms with Crippen molar-refractivity contribution >= 4 is 0 Å². The fraction of sp³-hybridized carbons (Fsp3) is 1.00. The SMILES string of the molecule is CC(C)CCC[C@@H](C)[C@H]1CC[C@H]2[C@@H]3CC4(N=N4)[C@H]4C[C@@H](O)CC[C@]4(C)[C@H]3CC[C@]12C. The molecule has 3 nitrogen and oxygen atoms in total. The van der Waals surface area contributed by atoms with Crippen LogP contribution in [0.3, 0.4) is 0 Å². The van der Waals surface area contributed by atoms with Gasteiger partial charge >= 0.3 is 0 Å². The quantitative estimate of drug-likeness (QED) is 0.506. The predicted octanol–water partition coefficient (Wildman–Crippen LogP) is 7.24. The van der Waals surface area contributed by atoms with Crippen LogP contribution in [0, 0.1) is 52.3 Å². The molecule has 0 aromatic heterocycles. The monoisotopic (exact) mass is 414 g/mol. The van der Waals surface area contributed by atoms with Gasteiger partial charge in [-0.05, 0) is 91.3 Å². The van der Waals surface area contributed by atoms with Crippen molar-refractivity contribution in [3.8, 4) is 0 Å². The number of fused-ring (bicyclic) bond motifs is 6. The molecule has 4 fully saturated rings. The number of hydrogen-bond acceptors (Lipinski definition) is 3. The second-order valence-corrected chi connectivity index (χ2v) is 13.2. The molecule has 0 unspecified atom stereocenters. The summed E-state index contributed by atoms with van der Waals surface area (Å²) in [6.07, 6.45) is 14.1. The average molecular weight is 415 g/mol. The van der Waals surface area contributed by atoms with E-state index >= 15 is 0 Å². The minimum Gasteiger partial charge on any atom is -0.393 e. The Morgan fingerprint density at radius 1 is 0.900 bits per heavy atom. The molecule has 9 atom stereocenters. The molecule has 1 aliphatic heterocycles. The van der Waals surface area contributed by atoms with Crippen molar-refractivity contribution in [3.63, 3.8) is 0 Å². The molecule has 30 heavy (non-hydrogen) atoms. The summed E-state index contributed by atoms with van der Waals surface area (Å²) in [5.74, 6) is 5.64. The maximum Gasteiger partial charge on any atom is 0.194 e. The van der Waals surface area contributed by atoms with Crippen molar-refractivity contribution in [2.24, 2.45) is 62.5 Å². The Labute approximate surface area is 184 Å². The van der Waals surface area contributed by atoms with Crippen molar-refractivity contribution in [2.75, 3.05) is 0 Å². The minimum atomic E-state index is -0.126. The van der Waals surface area contributed by atoms with Gasteiger partial charge in [-0.25, -0.2) is 0 Å². The number of aliphatic hydroxyl groups excluding tert-OH is 1. The van der Waals surface area contributed by atoms with Crippen LogP contribution >= 0.6 is 0 Å². The van der Waals surface area contributed by atoms with Gasteiger partial charge in [-0.1, -0.05) is 53.9 Å². The van der Waals surface area contributed by atoms with Crippen LogP contribution in [0.2, 0.25) is 0 Å². The van der Waals surface area contributed by atoms with Crippen LogP contribution in [0.5, 0.6) is 0 Å². The summed E-state index contributed by atoms with van der Waals surface area (Å²) >= 11 is 0. The highest BCUT2D eigenvalue weighted by Gasteiger charge is 2.69. The zero-order valence-corrected chi connectivity index (χ0v) is 20.2. The van der Waals surface area contributed by atoms with E-state index in [2.05, 4.69) is 34.6 Å². The Hall–Kier alpha value is -0.440. The maximum absolute atomic E-state index is 10.4. The van der Waals surface area contributed by atoms with E-state index in [1.807, 2.05) is 0 Å². The van der Waals surface area contributed by atoms with Gasteiger partial charge in [-0.15, -0.1) is 0 Å². The van der Waals surface area contributed by atoms with Crippen molar-refractivity contribution in [2.45, 2.75) is 117 Å². The minimum absolute atomic E-state index is 0.115. The van der Waals surface area contributed by atoms with Crippen molar-refractivity contribution in [1.29, 1.82) is 0 Å². The Kier molecular flexibility index (Phi) is 5.20. The van der Waals surface area contributed by atoms with Crippen molar-refractivity contribution in [1.82, 2.24) is 0 Å². The van der Waals surface area contributed by atoms with Crippen LogP contribution in [0.25, 0.3) is 0 Å². The van der Waals surface area contributed by atoms with Crippen LogP contribution in [0.4, 0.5) is 0 Å². The maximum atomic E-state index is 10.4. The molecule has 1 heterocycles. The first-order chi connectivity index (χ1) is 14.2. The van der Waals surface area contributed by atoms with E-state index in [1.54, 1.807) is 0 Å². The Morgan fingerprint density at radius 3 is 2.30 bits per heavy atom. The zero-order valence-electron chi connectivity index (χ0n) is 20.2. The van der Waals surface area contributed by atoms with Gasteiger partial charge in [0, 0.05) is 12.3 Å². The zero-order chi connectivity index (χ0) is 21.3. The second-order valence-electron chi connectivity index (χ2n) is 13.2. The highest BCUT2D eigenvalue weighted by atomic mass is 16.3. The summed E-state index contributed by atoms with van der Waals surface area (Å²) in [7, 11) is 0. The summed E-state index contributed by atoms with van der Waals surface area (Å²) in [5.41, 5.74) is 0.760. The molecular formula is C27H46N2O. The lowest BCUT2D eigenvalue weighted by Gasteiger charge is -2.62. The van der Waals surface area contributed by atoms with Gasteiger partial charge in [-0.3, -0.25) is 0 Å². The second kappa shape index (κ2) is 7.29. The topological polar surface area (TPSA) is 45.0 Å². The molecular weight excluding hydrogens is 368 g/mol. The molecule has 1 N–H and O–H groups in total. The fourth-order valence-electron chi connectivity index (χ4n) is 9.66. The average Bonchev–Trinajstić information content (AvgIpc) is 3.35. The highest BCUT2D eigenvalue weighted by Crippen LogP contribution is 2.72. The van der Waals surface area contributed by atoms with Crippen LogP contribution < -0.4 is 0 Å². The Balaban J connectivity index is 1.35. The number of aliphatic hydroxyl groups is 1. The number of rotatable bonds is 5.